The molecule has 6 heterocycles. The molecule has 0 bridgehead atoms. The van der Waals surface area contributed by atoms with E-state index in [9.17, 15) is 28.8 Å². The number of nitrogens with one attached hydrogen (secondary N) is 4. The molecule has 4 aliphatic heterocycles. The van der Waals surface area contributed by atoms with Gasteiger partial charge < -0.3 is 30.3 Å². The number of imidazole rings is 1. The van der Waals surface area contributed by atoms with E-state index in [1.165, 1.54) is 5.56 Å². The average Bonchev–Trinajstić information content (AvgIpc) is 3.86. The summed E-state index contributed by atoms with van der Waals surface area (Å²) in [6.45, 7) is 4.37. The molecule has 3 saturated heterocycles. The fourth-order valence-corrected chi connectivity index (χ4v) is 10.3. The minimum atomic E-state index is -1.05. The van der Waals surface area contributed by atoms with Gasteiger partial charge in [-0.05, 0) is 105 Å². The largest absolute Gasteiger partial charge is 0.375 e. The molecule has 2 aromatic heterocycles. The normalized spacial score (nSPS) is 21.7. The van der Waals surface area contributed by atoms with Gasteiger partial charge in [-0.2, -0.15) is 0 Å². The number of carbonyl (C=O) groups excluding carboxylic acids is 6. The summed E-state index contributed by atoms with van der Waals surface area (Å²) in [4.78, 5) is 95.9. The van der Waals surface area contributed by atoms with Crippen LogP contribution in [0, 0.1) is 5.92 Å². The van der Waals surface area contributed by atoms with Crippen LogP contribution in [0.5, 0.6) is 0 Å². The predicted octanol–water partition coefficient (Wildman–Crippen LogP) is 4.56. The van der Waals surface area contributed by atoms with Crippen molar-refractivity contribution >= 4 is 63.8 Å². The lowest BCUT2D eigenvalue weighted by molar-refractivity contribution is -0.136. The minimum absolute atomic E-state index is 0.0251. The van der Waals surface area contributed by atoms with Crippen LogP contribution in [-0.4, -0.2) is 121 Å². The molecule has 0 radical (unpaired) electrons. The molecule has 5 aliphatic rings. The van der Waals surface area contributed by atoms with Gasteiger partial charge in [0.15, 0.2) is 17.0 Å². The Hall–Kier alpha value is -7.01. The van der Waals surface area contributed by atoms with Gasteiger partial charge in [0.2, 0.25) is 23.6 Å². The molecular formula is C49H53N11O6. The topological polar surface area (TPSA) is 204 Å². The third-order valence-electron chi connectivity index (χ3n) is 14.1. The second-order valence-corrected chi connectivity index (χ2v) is 18.3. The first-order valence-corrected chi connectivity index (χ1v) is 23.1. The van der Waals surface area contributed by atoms with E-state index in [-0.39, 0.29) is 54.4 Å². The highest BCUT2D eigenvalue weighted by atomic mass is 16.2. The first-order chi connectivity index (χ1) is 32.1. The maximum atomic E-state index is 13.5. The van der Waals surface area contributed by atoms with Gasteiger partial charge in [-0.15, -0.1) is 0 Å². The second-order valence-electron chi connectivity index (χ2n) is 18.3. The number of imide groups is 2. The van der Waals surface area contributed by atoms with Crippen LogP contribution in [0.2, 0.25) is 0 Å². The van der Waals surface area contributed by atoms with Crippen molar-refractivity contribution in [3.05, 3.63) is 108 Å². The van der Waals surface area contributed by atoms with Crippen LogP contribution in [0.3, 0.4) is 0 Å². The van der Waals surface area contributed by atoms with Crippen LogP contribution >= 0.6 is 0 Å². The number of aromatic nitrogens is 4. The smallest absolute Gasteiger partial charge is 0.264 e. The van der Waals surface area contributed by atoms with Crippen molar-refractivity contribution in [1.82, 2.24) is 44.9 Å². The highest BCUT2D eigenvalue weighted by Gasteiger charge is 2.46. The maximum Gasteiger partial charge on any atom is 0.264 e. The van der Waals surface area contributed by atoms with Crippen molar-refractivity contribution in [3.8, 4) is 0 Å². The molecule has 3 aromatic carbocycles. The molecule has 1 atom stereocenters. The van der Waals surface area contributed by atoms with E-state index in [0.717, 1.165) is 80.0 Å². The minimum Gasteiger partial charge on any atom is -0.375 e. The van der Waals surface area contributed by atoms with Crippen molar-refractivity contribution in [3.63, 3.8) is 0 Å². The van der Waals surface area contributed by atoms with Crippen molar-refractivity contribution in [1.29, 1.82) is 0 Å². The van der Waals surface area contributed by atoms with E-state index in [2.05, 4.69) is 70.0 Å². The summed E-state index contributed by atoms with van der Waals surface area (Å²) in [5.41, 5.74) is 5.45. The Balaban J connectivity index is 0.652. The van der Waals surface area contributed by atoms with E-state index in [1.807, 2.05) is 41.6 Å². The van der Waals surface area contributed by atoms with Crippen LogP contribution in [0.15, 0.2) is 85.5 Å². The summed E-state index contributed by atoms with van der Waals surface area (Å²) in [6, 6.07) is 22.6. The summed E-state index contributed by atoms with van der Waals surface area (Å²) < 4.78 is 2.10. The molecule has 4 N–H and O–H groups in total. The van der Waals surface area contributed by atoms with Crippen LogP contribution in [-0.2, 0) is 25.6 Å². The van der Waals surface area contributed by atoms with Gasteiger partial charge in [0.1, 0.15) is 12.4 Å². The molecular weight excluding hydrogens is 839 g/mol. The molecule has 340 valence electrons. The SMILES string of the molecule is O=C1CC[C@H](N2C(=O)c3cccc(NCC(=O)N4CCC(CN5CCC(c6ccc(Nc7ncnc8c7ncn8C7CC(NC(=O)Cc8ccccc8)C7)cc6)CC5)CC4)c3C2=O)C(=O)N1. The number of likely N-dealkylation sites (tertiary alicyclic amines) is 2. The Morgan fingerprint density at radius 2 is 1.56 bits per heavy atom. The molecule has 66 heavy (non-hydrogen) atoms. The maximum absolute atomic E-state index is 13.5. The molecule has 5 aromatic rings. The number of piperidine rings is 3. The van der Waals surface area contributed by atoms with Gasteiger partial charge in [-0.25, -0.2) is 15.0 Å². The zero-order chi connectivity index (χ0) is 45.3. The molecule has 17 heteroatoms. The number of amides is 6. The van der Waals surface area contributed by atoms with Crippen LogP contribution in [0.4, 0.5) is 17.2 Å². The molecule has 10 rings (SSSR count). The Kier molecular flexibility index (Phi) is 12.0. The van der Waals surface area contributed by atoms with E-state index in [0.29, 0.717) is 48.4 Å². The fraction of sp³-hybridized carbons (Fsp3) is 0.408. The van der Waals surface area contributed by atoms with Crippen molar-refractivity contribution in [2.75, 3.05) is 49.9 Å². The molecule has 0 unspecified atom stereocenters. The lowest BCUT2D eigenvalue weighted by Crippen LogP contribution is -2.54. The third-order valence-corrected chi connectivity index (χ3v) is 14.1. The number of rotatable bonds is 13. The summed E-state index contributed by atoms with van der Waals surface area (Å²) in [5, 5.41) is 11.9. The first kappa shape index (κ1) is 42.9. The summed E-state index contributed by atoms with van der Waals surface area (Å²) in [7, 11) is 0. The van der Waals surface area contributed by atoms with Gasteiger partial charge in [0.25, 0.3) is 11.8 Å². The monoisotopic (exact) mass is 891 g/mol. The number of anilines is 3. The van der Waals surface area contributed by atoms with E-state index in [4.69, 9.17) is 0 Å². The van der Waals surface area contributed by atoms with Gasteiger partial charge in [0, 0.05) is 49.5 Å². The van der Waals surface area contributed by atoms with E-state index >= 15 is 0 Å². The number of hydrogen-bond donors (Lipinski definition) is 4. The van der Waals surface area contributed by atoms with Crippen LogP contribution in [0.25, 0.3) is 11.2 Å². The molecule has 1 saturated carbocycles. The Morgan fingerprint density at radius 1 is 0.788 bits per heavy atom. The first-order valence-electron chi connectivity index (χ1n) is 23.1. The Morgan fingerprint density at radius 3 is 2.32 bits per heavy atom. The second kappa shape index (κ2) is 18.5. The number of benzene rings is 3. The van der Waals surface area contributed by atoms with Gasteiger partial charge in [0.05, 0.1) is 30.4 Å². The Labute approximate surface area is 381 Å². The lowest BCUT2D eigenvalue weighted by atomic mass is 9.86. The fourth-order valence-electron chi connectivity index (χ4n) is 10.3. The van der Waals surface area contributed by atoms with Crippen LogP contribution < -0.4 is 21.3 Å². The van der Waals surface area contributed by atoms with Crippen LogP contribution in [0.1, 0.15) is 95.2 Å². The molecule has 0 spiro atoms. The summed E-state index contributed by atoms with van der Waals surface area (Å²) in [6.07, 6.45) is 9.57. The van der Waals surface area contributed by atoms with Crippen molar-refractivity contribution in [2.45, 2.75) is 81.8 Å². The van der Waals surface area contributed by atoms with Crippen molar-refractivity contribution < 1.29 is 28.8 Å². The molecule has 1 aliphatic carbocycles. The number of nitrogens with zero attached hydrogens (tertiary/aromatic N) is 7. The van der Waals surface area contributed by atoms with E-state index < -0.39 is 29.7 Å². The Bertz CT molecular complexity index is 2670. The number of carbonyl (C=O) groups is 6. The zero-order valence-electron chi connectivity index (χ0n) is 36.7. The number of fused-ring (bicyclic) bond motifs is 2. The number of hydrogen-bond acceptors (Lipinski definition) is 12. The molecule has 6 amide bonds. The lowest BCUT2D eigenvalue weighted by Gasteiger charge is -2.38. The van der Waals surface area contributed by atoms with E-state index in [1.54, 1.807) is 24.5 Å². The average molecular weight is 892 g/mol. The third kappa shape index (κ3) is 8.86. The molecule has 17 nitrogen and oxygen atoms in total. The van der Waals surface area contributed by atoms with Gasteiger partial charge >= 0.3 is 0 Å². The standard InChI is InChI=1S/C49H53N11O6/c61-40-14-13-39(47(64)56-40)60-48(65)37-7-4-8-38(43(37)49(60)66)50-26-42(63)58-21-15-31(16-22-58)27-57-19-17-33(18-20-57)32-9-11-34(12-10-32)55-45-44-46(52-28-51-45)59(29-53-44)36-24-35(25-36)54-41(62)23-30-5-2-1-3-6-30/h1-12,28-29,31,33,35-36,39,50H,13-27H2,(H,54,62)(H,51,52,55)(H,56,61,64)/t35?,36?,39-/m0/s1. The quantitative estimate of drug-likeness (QED) is 0.120. The summed E-state index contributed by atoms with van der Waals surface area (Å²) in [5.74, 6) is -0.660. The van der Waals surface area contributed by atoms with Gasteiger partial charge in [-0.3, -0.25) is 39.0 Å². The predicted molar refractivity (Wildman–Crippen MR) is 245 cm³/mol. The summed E-state index contributed by atoms with van der Waals surface area (Å²) >= 11 is 0. The van der Waals surface area contributed by atoms with Crippen molar-refractivity contribution in [2.24, 2.45) is 5.92 Å². The van der Waals surface area contributed by atoms with Gasteiger partial charge in [-0.1, -0.05) is 48.5 Å². The zero-order valence-corrected chi connectivity index (χ0v) is 36.7. The molecule has 4 fully saturated rings. The highest BCUT2D eigenvalue weighted by Crippen LogP contribution is 2.37. The highest BCUT2D eigenvalue weighted by molar-refractivity contribution is 6.25.